The summed E-state index contributed by atoms with van der Waals surface area (Å²) in [6.45, 7) is 9.44. The first-order valence-corrected chi connectivity index (χ1v) is 14.0. The maximum atomic E-state index is 12.9. The summed E-state index contributed by atoms with van der Waals surface area (Å²) in [6, 6.07) is 14.0. The summed E-state index contributed by atoms with van der Waals surface area (Å²) in [7, 11) is 3.65. The number of rotatable bonds is 12. The van der Waals surface area contributed by atoms with Gasteiger partial charge < -0.3 is 24.7 Å². The largest absolute Gasteiger partial charge is 0.461 e. The molecular weight excluding hydrogens is 504 g/mol. The molecule has 0 unspecified atom stereocenters. The van der Waals surface area contributed by atoms with Gasteiger partial charge in [-0.2, -0.15) is 4.98 Å². The van der Waals surface area contributed by atoms with Crippen LogP contribution < -0.4 is 15.1 Å². The van der Waals surface area contributed by atoms with Crippen LogP contribution in [-0.2, 0) is 9.47 Å². The standard InChI is InChI=1S/C31H40N6O3/c1-6-40-31(38)26-19-25(22-12-13-27(33-20-22)36(4)16-17-39-5)28(29(32)21(2)3)30(35-26)34-23-10-9-11-24(18-23)37-14-7-8-15-37/h9-13,18-21,32H,6-8,14-17H2,1-5H3,(H,34,35)/p+1. The molecule has 9 heteroatoms. The maximum absolute atomic E-state index is 12.9. The molecule has 1 fully saturated rings. The van der Waals surface area contributed by atoms with Crippen LogP contribution in [0.1, 0.15) is 49.7 Å². The number of likely N-dealkylation sites (N-methyl/N-ethyl adjacent to an activating group) is 1. The van der Waals surface area contributed by atoms with Crippen LogP contribution in [0.3, 0.4) is 0 Å². The zero-order chi connectivity index (χ0) is 28.6. The molecule has 9 nitrogen and oxygen atoms in total. The average molecular weight is 546 g/mol. The Morgan fingerprint density at radius 2 is 1.95 bits per heavy atom. The first kappa shape index (κ1) is 29.2. The van der Waals surface area contributed by atoms with Gasteiger partial charge in [-0.3, -0.25) is 5.32 Å². The fourth-order valence-electron chi connectivity index (χ4n) is 4.84. The van der Waals surface area contributed by atoms with Crippen LogP contribution >= 0.6 is 0 Å². The van der Waals surface area contributed by atoms with Gasteiger partial charge in [-0.1, -0.05) is 19.9 Å². The number of ether oxygens (including phenoxy) is 2. The van der Waals surface area contributed by atoms with Gasteiger partial charge in [0, 0.05) is 68.6 Å². The zero-order valence-electron chi connectivity index (χ0n) is 24.2. The summed E-state index contributed by atoms with van der Waals surface area (Å²) in [5, 5.41) is 11.0. The second-order valence-corrected chi connectivity index (χ2v) is 10.4. The lowest BCUT2D eigenvalue weighted by molar-refractivity contribution is -0.483. The van der Waals surface area contributed by atoms with E-state index in [1.165, 1.54) is 18.5 Å². The van der Waals surface area contributed by atoms with E-state index in [0.29, 0.717) is 30.2 Å². The van der Waals surface area contributed by atoms with Gasteiger partial charge in [0.1, 0.15) is 11.5 Å². The second-order valence-electron chi connectivity index (χ2n) is 10.4. The minimum atomic E-state index is -0.490. The van der Waals surface area contributed by atoms with Crippen LogP contribution in [0, 0.1) is 11.3 Å². The van der Waals surface area contributed by atoms with Crippen molar-refractivity contribution in [1.82, 2.24) is 9.97 Å². The zero-order valence-corrected chi connectivity index (χ0v) is 24.2. The minimum absolute atomic E-state index is 0.0514. The molecule has 0 aliphatic carbocycles. The van der Waals surface area contributed by atoms with Gasteiger partial charge >= 0.3 is 5.97 Å². The summed E-state index contributed by atoms with van der Waals surface area (Å²) < 4.78 is 10.5. The molecule has 0 spiro atoms. The molecule has 212 valence electrons. The molecule has 1 saturated heterocycles. The van der Waals surface area contributed by atoms with Crippen LogP contribution in [0.2, 0.25) is 0 Å². The van der Waals surface area contributed by atoms with E-state index in [-0.39, 0.29) is 18.2 Å². The molecule has 3 heterocycles. The van der Waals surface area contributed by atoms with Crippen molar-refractivity contribution in [3.63, 3.8) is 0 Å². The molecule has 1 aliphatic rings. The number of nitrogens with zero attached hydrogens (tertiary/aromatic N) is 4. The number of anilines is 2. The number of hydrogen-bond acceptors (Lipinski definition) is 8. The van der Waals surface area contributed by atoms with Crippen LogP contribution in [-0.4, -0.2) is 68.7 Å². The first-order chi connectivity index (χ1) is 19.3. The Kier molecular flexibility index (Phi) is 9.84. The van der Waals surface area contributed by atoms with E-state index >= 15 is 0 Å². The highest BCUT2D eigenvalue weighted by Gasteiger charge is 2.26. The third kappa shape index (κ3) is 6.84. The van der Waals surface area contributed by atoms with Gasteiger partial charge in [0.05, 0.1) is 18.8 Å². The highest BCUT2D eigenvalue weighted by molar-refractivity contribution is 6.08. The molecule has 1 aliphatic heterocycles. The number of methoxy groups -OCH3 is 1. The predicted octanol–water partition coefficient (Wildman–Crippen LogP) is 4.55. The SMILES string of the molecule is CCOC(=O)c1cc(-c2ccc(N(C)CCOC)nc2)c(C(=N)C(C)C)c([NH2+]c2cccc(N3CCCC3)c2)n1. The third-order valence-corrected chi connectivity index (χ3v) is 7.10. The summed E-state index contributed by atoms with van der Waals surface area (Å²) in [5.41, 5.74) is 5.02. The molecule has 40 heavy (non-hydrogen) atoms. The lowest BCUT2D eigenvalue weighted by atomic mass is 9.92. The van der Waals surface area contributed by atoms with E-state index in [9.17, 15) is 4.79 Å². The van der Waals surface area contributed by atoms with Gasteiger partial charge in [-0.15, -0.1) is 0 Å². The van der Waals surface area contributed by atoms with E-state index in [1.807, 2.05) is 55.4 Å². The molecule has 1 aromatic carbocycles. The highest BCUT2D eigenvalue weighted by atomic mass is 16.5. The summed E-state index contributed by atoms with van der Waals surface area (Å²) in [6.07, 6.45) is 4.19. The predicted molar refractivity (Wildman–Crippen MR) is 159 cm³/mol. The monoisotopic (exact) mass is 545 g/mol. The van der Waals surface area contributed by atoms with Crippen molar-refractivity contribution < 1.29 is 19.6 Å². The number of nitrogens with one attached hydrogen (secondary N) is 1. The molecular formula is C31H41N6O3+. The van der Waals surface area contributed by atoms with Crippen molar-refractivity contribution in [2.24, 2.45) is 5.92 Å². The minimum Gasteiger partial charge on any atom is -0.461 e. The topological polar surface area (TPSA) is 108 Å². The molecule has 0 amide bonds. The maximum Gasteiger partial charge on any atom is 0.357 e. The van der Waals surface area contributed by atoms with E-state index in [2.05, 4.69) is 22.0 Å². The number of pyridine rings is 2. The van der Waals surface area contributed by atoms with Crippen molar-refractivity contribution in [3.8, 4) is 11.1 Å². The summed E-state index contributed by atoms with van der Waals surface area (Å²) >= 11 is 0. The second kappa shape index (κ2) is 13.5. The molecule has 0 atom stereocenters. The first-order valence-electron chi connectivity index (χ1n) is 14.0. The van der Waals surface area contributed by atoms with E-state index in [0.717, 1.165) is 35.7 Å². The van der Waals surface area contributed by atoms with Crippen molar-refractivity contribution in [2.75, 3.05) is 56.8 Å². The highest BCUT2D eigenvalue weighted by Crippen LogP contribution is 2.31. The van der Waals surface area contributed by atoms with Crippen LogP contribution in [0.4, 0.5) is 23.0 Å². The van der Waals surface area contributed by atoms with Gasteiger partial charge in [-0.25, -0.2) is 9.78 Å². The van der Waals surface area contributed by atoms with Crippen LogP contribution in [0.15, 0.2) is 48.7 Å². The Bertz CT molecular complexity index is 1320. The summed E-state index contributed by atoms with van der Waals surface area (Å²) in [4.78, 5) is 26.8. The Morgan fingerprint density at radius 3 is 2.60 bits per heavy atom. The molecule has 0 bridgehead atoms. The fraction of sp³-hybridized carbons (Fsp3) is 0.419. The Morgan fingerprint density at radius 1 is 1.18 bits per heavy atom. The van der Waals surface area contributed by atoms with E-state index in [1.54, 1.807) is 26.3 Å². The number of esters is 1. The quantitative estimate of drug-likeness (QED) is 0.195. The van der Waals surface area contributed by atoms with Crippen molar-refractivity contribution in [1.29, 1.82) is 5.41 Å². The number of nitrogens with two attached hydrogens (primary N) is 1. The van der Waals surface area contributed by atoms with Gasteiger partial charge in [0.25, 0.3) is 0 Å². The van der Waals surface area contributed by atoms with Gasteiger partial charge in [0.2, 0.25) is 5.82 Å². The molecule has 3 aromatic rings. The number of carbonyl (C=O) groups excluding carboxylic acids is 1. The normalized spacial score (nSPS) is 13.1. The van der Waals surface area contributed by atoms with E-state index in [4.69, 9.17) is 19.9 Å². The fourth-order valence-corrected chi connectivity index (χ4v) is 4.84. The smallest absolute Gasteiger partial charge is 0.357 e. The van der Waals surface area contributed by atoms with Crippen LogP contribution in [0.25, 0.3) is 11.1 Å². The number of benzene rings is 1. The van der Waals surface area contributed by atoms with Crippen molar-refractivity contribution >= 4 is 34.7 Å². The molecule has 2 aromatic heterocycles. The summed E-state index contributed by atoms with van der Waals surface area (Å²) in [5.74, 6) is 0.839. The van der Waals surface area contributed by atoms with Gasteiger partial charge in [0.15, 0.2) is 5.69 Å². The van der Waals surface area contributed by atoms with E-state index < -0.39 is 5.97 Å². The third-order valence-electron chi connectivity index (χ3n) is 7.10. The van der Waals surface area contributed by atoms with Crippen LogP contribution in [0.5, 0.6) is 0 Å². The molecule has 0 radical (unpaired) electrons. The average Bonchev–Trinajstić information content (AvgIpc) is 3.51. The molecule has 4 rings (SSSR count). The Balaban J connectivity index is 1.81. The number of aromatic nitrogens is 2. The number of quaternary nitrogens is 1. The number of hydrogen-bond donors (Lipinski definition) is 2. The molecule has 0 saturated carbocycles. The van der Waals surface area contributed by atoms with Crippen molar-refractivity contribution in [3.05, 3.63) is 59.9 Å². The lowest BCUT2D eigenvalue weighted by Crippen LogP contribution is -2.72. The Labute approximate surface area is 237 Å². The lowest BCUT2D eigenvalue weighted by Gasteiger charge is -2.20. The van der Waals surface area contributed by atoms with Crippen molar-refractivity contribution in [2.45, 2.75) is 33.6 Å². The van der Waals surface area contributed by atoms with Gasteiger partial charge in [-0.05, 0) is 56.0 Å². The molecule has 3 N–H and O–H groups in total. The number of carbonyl (C=O) groups is 1. The Hall–Kier alpha value is -3.82.